The molecule has 2 heterocycles. The Morgan fingerprint density at radius 1 is 1.41 bits per heavy atom. The van der Waals surface area contributed by atoms with Crippen LogP contribution in [0.2, 0.25) is 0 Å². The zero-order valence-corrected chi connectivity index (χ0v) is 12.5. The molecule has 1 aromatic heterocycles. The molecule has 1 aliphatic heterocycles. The minimum absolute atomic E-state index is 0.00642. The number of hydrogen-bond donors (Lipinski definition) is 1. The summed E-state index contributed by atoms with van der Waals surface area (Å²) in [6.45, 7) is 3.85. The lowest BCUT2D eigenvalue weighted by molar-refractivity contribution is -0.212. The summed E-state index contributed by atoms with van der Waals surface area (Å²) in [5.41, 5.74) is -2.42. The molecule has 1 unspecified atom stereocenters. The molecule has 2 rings (SSSR count). The van der Waals surface area contributed by atoms with Crippen molar-refractivity contribution in [2.24, 2.45) is 5.41 Å². The first-order valence-electron chi connectivity index (χ1n) is 6.67. The second-order valence-electron chi connectivity index (χ2n) is 6.00. The van der Waals surface area contributed by atoms with Gasteiger partial charge in [0, 0.05) is 12.0 Å². The van der Waals surface area contributed by atoms with Crippen LogP contribution in [0.3, 0.4) is 0 Å². The van der Waals surface area contributed by atoms with Crippen molar-refractivity contribution in [1.29, 1.82) is 5.26 Å². The van der Waals surface area contributed by atoms with E-state index in [0.29, 0.717) is 5.57 Å². The van der Waals surface area contributed by atoms with Crippen LogP contribution in [0.5, 0.6) is 0 Å². The SMILES string of the molecule is CC1(C#N)NC=CC=C1c1cnc(CC(C)(C)C(F)(F)F)o1. The second-order valence-corrected chi connectivity index (χ2v) is 6.00. The Morgan fingerprint density at radius 2 is 2.09 bits per heavy atom. The molecule has 0 aromatic carbocycles. The third-order valence-corrected chi connectivity index (χ3v) is 3.67. The van der Waals surface area contributed by atoms with Gasteiger partial charge < -0.3 is 9.73 Å². The molecule has 0 bridgehead atoms. The summed E-state index contributed by atoms with van der Waals surface area (Å²) in [5.74, 6) is 0.280. The lowest BCUT2D eigenvalue weighted by Gasteiger charge is -2.27. The third kappa shape index (κ3) is 2.86. The third-order valence-electron chi connectivity index (χ3n) is 3.67. The van der Waals surface area contributed by atoms with Gasteiger partial charge in [-0.05, 0) is 19.2 Å². The van der Waals surface area contributed by atoms with E-state index < -0.39 is 17.1 Å². The molecular weight excluding hydrogens is 295 g/mol. The van der Waals surface area contributed by atoms with E-state index in [1.165, 1.54) is 6.20 Å². The maximum absolute atomic E-state index is 12.9. The average molecular weight is 311 g/mol. The molecule has 118 valence electrons. The first-order valence-corrected chi connectivity index (χ1v) is 6.67. The quantitative estimate of drug-likeness (QED) is 0.926. The summed E-state index contributed by atoms with van der Waals surface area (Å²) < 4.78 is 44.2. The number of rotatable bonds is 3. The van der Waals surface area contributed by atoms with Gasteiger partial charge in [-0.15, -0.1) is 0 Å². The number of hydrogen-bond acceptors (Lipinski definition) is 4. The fourth-order valence-electron chi connectivity index (χ4n) is 2.02. The maximum atomic E-state index is 12.9. The lowest BCUT2D eigenvalue weighted by atomic mass is 9.88. The van der Waals surface area contributed by atoms with Crippen molar-refractivity contribution in [3.63, 3.8) is 0 Å². The van der Waals surface area contributed by atoms with Gasteiger partial charge >= 0.3 is 6.18 Å². The number of nitrogens with zero attached hydrogens (tertiary/aromatic N) is 2. The molecule has 0 radical (unpaired) electrons. The molecule has 0 saturated heterocycles. The van der Waals surface area contributed by atoms with Gasteiger partial charge in [0.25, 0.3) is 0 Å². The lowest BCUT2D eigenvalue weighted by Crippen LogP contribution is -2.39. The van der Waals surface area contributed by atoms with E-state index in [9.17, 15) is 18.4 Å². The van der Waals surface area contributed by atoms with Crippen molar-refractivity contribution >= 4 is 5.57 Å². The number of halogens is 3. The van der Waals surface area contributed by atoms with Crippen molar-refractivity contribution in [1.82, 2.24) is 10.3 Å². The summed E-state index contributed by atoms with van der Waals surface area (Å²) >= 11 is 0. The Morgan fingerprint density at radius 3 is 2.68 bits per heavy atom. The average Bonchev–Trinajstić information content (AvgIpc) is 2.85. The fourth-order valence-corrected chi connectivity index (χ4v) is 2.02. The Kier molecular flexibility index (Phi) is 3.81. The highest BCUT2D eigenvalue weighted by molar-refractivity contribution is 5.75. The summed E-state index contributed by atoms with van der Waals surface area (Å²) in [5, 5.41) is 12.2. The highest BCUT2D eigenvalue weighted by atomic mass is 19.4. The molecule has 0 spiro atoms. The smallest absolute Gasteiger partial charge is 0.394 e. The highest BCUT2D eigenvalue weighted by Gasteiger charge is 2.48. The molecule has 1 atom stereocenters. The zero-order valence-electron chi connectivity index (χ0n) is 12.5. The maximum Gasteiger partial charge on any atom is 0.394 e. The first kappa shape index (κ1) is 16.1. The predicted molar refractivity (Wildman–Crippen MR) is 74.3 cm³/mol. The molecule has 0 saturated carbocycles. The van der Waals surface area contributed by atoms with Gasteiger partial charge in [0.1, 0.15) is 0 Å². The van der Waals surface area contributed by atoms with Gasteiger partial charge in [-0.2, -0.15) is 18.4 Å². The van der Waals surface area contributed by atoms with Crippen molar-refractivity contribution < 1.29 is 17.6 Å². The Balaban J connectivity index is 2.28. The number of oxazole rings is 1. The van der Waals surface area contributed by atoms with E-state index >= 15 is 0 Å². The van der Waals surface area contributed by atoms with E-state index in [1.807, 2.05) is 0 Å². The summed E-state index contributed by atoms with van der Waals surface area (Å²) in [6, 6.07) is 2.11. The molecule has 1 aromatic rings. The van der Waals surface area contributed by atoms with Crippen molar-refractivity contribution in [3.05, 3.63) is 36.2 Å². The molecule has 22 heavy (non-hydrogen) atoms. The van der Waals surface area contributed by atoms with Crippen molar-refractivity contribution in [2.75, 3.05) is 0 Å². The van der Waals surface area contributed by atoms with E-state index in [-0.39, 0.29) is 18.1 Å². The van der Waals surface area contributed by atoms with Gasteiger partial charge in [0.05, 0.1) is 17.7 Å². The van der Waals surface area contributed by atoms with Crippen LogP contribution >= 0.6 is 0 Å². The number of nitriles is 1. The van der Waals surface area contributed by atoms with E-state index in [4.69, 9.17) is 4.42 Å². The zero-order chi connectivity index (χ0) is 16.6. The largest absolute Gasteiger partial charge is 0.441 e. The number of alkyl halides is 3. The summed E-state index contributed by atoms with van der Waals surface area (Å²) in [6.07, 6.45) is 1.63. The van der Waals surface area contributed by atoms with Gasteiger partial charge in [-0.3, -0.25) is 0 Å². The van der Waals surface area contributed by atoms with Crippen molar-refractivity contribution in [3.8, 4) is 6.07 Å². The molecule has 0 fully saturated rings. The summed E-state index contributed by atoms with van der Waals surface area (Å²) in [7, 11) is 0. The normalized spacial score (nSPS) is 22.0. The number of nitrogens with one attached hydrogen (secondary N) is 1. The van der Waals surface area contributed by atoms with Crippen LogP contribution in [-0.2, 0) is 6.42 Å². The second kappa shape index (κ2) is 5.20. The Bertz CT molecular complexity index is 664. The number of dihydropyridines is 1. The van der Waals surface area contributed by atoms with Crippen LogP contribution in [0.4, 0.5) is 13.2 Å². The van der Waals surface area contributed by atoms with E-state index in [2.05, 4.69) is 16.4 Å². The van der Waals surface area contributed by atoms with Gasteiger partial charge in [-0.25, -0.2) is 4.98 Å². The fraction of sp³-hybridized carbons (Fsp3) is 0.467. The number of allylic oxidation sites excluding steroid dienone is 2. The minimum atomic E-state index is -4.35. The van der Waals surface area contributed by atoms with E-state index in [1.54, 1.807) is 25.3 Å². The van der Waals surface area contributed by atoms with Crippen LogP contribution in [-0.4, -0.2) is 16.7 Å². The monoisotopic (exact) mass is 311 g/mol. The van der Waals surface area contributed by atoms with Crippen LogP contribution < -0.4 is 5.32 Å². The molecule has 0 amide bonds. The van der Waals surface area contributed by atoms with Gasteiger partial charge in [0.15, 0.2) is 17.2 Å². The molecule has 1 aliphatic rings. The van der Waals surface area contributed by atoms with Crippen LogP contribution in [0.1, 0.15) is 32.4 Å². The molecule has 7 heteroatoms. The minimum Gasteiger partial charge on any atom is -0.441 e. The van der Waals surface area contributed by atoms with Crippen LogP contribution in [0.15, 0.2) is 29.0 Å². The predicted octanol–water partition coefficient (Wildman–Crippen LogP) is 3.59. The molecular formula is C15H16F3N3O. The molecule has 4 nitrogen and oxygen atoms in total. The van der Waals surface area contributed by atoms with Gasteiger partial charge in [-0.1, -0.05) is 19.9 Å². The number of aromatic nitrogens is 1. The highest BCUT2D eigenvalue weighted by Crippen LogP contribution is 2.40. The Labute approximate surface area is 126 Å². The van der Waals surface area contributed by atoms with Crippen LogP contribution in [0.25, 0.3) is 5.57 Å². The molecule has 1 N–H and O–H groups in total. The standard InChI is InChI=1S/C15H16F3N3O/c1-13(2,15(16,17)18)7-12-20-8-11(22-12)10-5-4-6-21-14(10,3)9-19/h4-6,8,21H,7H2,1-3H3. The van der Waals surface area contributed by atoms with Crippen molar-refractivity contribution in [2.45, 2.75) is 38.9 Å². The topological polar surface area (TPSA) is 61.9 Å². The van der Waals surface area contributed by atoms with Crippen LogP contribution in [0, 0.1) is 16.7 Å². The first-order chi connectivity index (χ1) is 10.1. The molecule has 0 aliphatic carbocycles. The van der Waals surface area contributed by atoms with E-state index in [0.717, 1.165) is 13.8 Å². The summed E-state index contributed by atoms with van der Waals surface area (Å²) in [4.78, 5) is 3.92. The Hall–Kier alpha value is -2.23. The van der Waals surface area contributed by atoms with Gasteiger partial charge in [0.2, 0.25) is 0 Å².